The summed E-state index contributed by atoms with van der Waals surface area (Å²) in [5.74, 6) is -0.0484. The van der Waals surface area contributed by atoms with Crippen molar-refractivity contribution in [3.05, 3.63) is 72.1 Å². The van der Waals surface area contributed by atoms with Crippen LogP contribution >= 0.6 is 0 Å². The van der Waals surface area contributed by atoms with Gasteiger partial charge < -0.3 is 5.32 Å². The number of fused-ring (bicyclic) bond motifs is 1. The van der Waals surface area contributed by atoms with Gasteiger partial charge in [-0.15, -0.1) is 0 Å². The minimum atomic E-state index is -0.0484. The molecule has 5 heteroatoms. The van der Waals surface area contributed by atoms with Crippen LogP contribution < -0.4 is 5.32 Å². The fraction of sp³-hybridized carbons (Fsp3) is 0.300. The molecule has 0 spiro atoms. The maximum Gasteiger partial charge on any atom is 0.255 e. The average molecular weight is 334 g/mol. The predicted octanol–water partition coefficient (Wildman–Crippen LogP) is 2.73. The van der Waals surface area contributed by atoms with Crippen LogP contribution in [-0.4, -0.2) is 39.6 Å². The summed E-state index contributed by atoms with van der Waals surface area (Å²) in [6.45, 7) is 2.71. The van der Waals surface area contributed by atoms with Gasteiger partial charge in [0.15, 0.2) is 0 Å². The van der Waals surface area contributed by atoms with Gasteiger partial charge in [-0.1, -0.05) is 36.4 Å². The van der Waals surface area contributed by atoms with E-state index in [0.29, 0.717) is 18.2 Å². The molecule has 128 valence electrons. The molecule has 1 aromatic carbocycles. The van der Waals surface area contributed by atoms with E-state index in [1.54, 1.807) is 10.7 Å². The molecule has 1 aliphatic heterocycles. The Kier molecular flexibility index (Phi) is 4.48. The van der Waals surface area contributed by atoms with E-state index < -0.39 is 0 Å². The quantitative estimate of drug-likeness (QED) is 0.780. The van der Waals surface area contributed by atoms with Gasteiger partial charge in [-0.05, 0) is 37.1 Å². The van der Waals surface area contributed by atoms with Crippen molar-refractivity contribution in [1.29, 1.82) is 0 Å². The summed E-state index contributed by atoms with van der Waals surface area (Å²) in [6.07, 6.45) is 5.80. The molecule has 3 heterocycles. The Morgan fingerprint density at radius 2 is 2.00 bits per heavy atom. The molecule has 5 nitrogen and oxygen atoms in total. The number of hydrogen-bond acceptors (Lipinski definition) is 3. The topological polar surface area (TPSA) is 49.6 Å². The van der Waals surface area contributed by atoms with E-state index in [1.165, 1.54) is 12.0 Å². The Hall–Kier alpha value is -2.66. The van der Waals surface area contributed by atoms with Crippen LogP contribution in [0.5, 0.6) is 0 Å². The second-order valence-corrected chi connectivity index (χ2v) is 6.55. The first-order valence-electron chi connectivity index (χ1n) is 8.80. The minimum Gasteiger partial charge on any atom is -0.350 e. The van der Waals surface area contributed by atoms with Crippen molar-refractivity contribution in [1.82, 2.24) is 19.8 Å². The highest BCUT2D eigenvalue weighted by Gasteiger charge is 2.25. The van der Waals surface area contributed by atoms with Crippen molar-refractivity contribution in [2.24, 2.45) is 0 Å². The van der Waals surface area contributed by atoms with Gasteiger partial charge in [0.1, 0.15) is 0 Å². The molecule has 2 aromatic heterocycles. The second kappa shape index (κ2) is 7.07. The van der Waals surface area contributed by atoms with Crippen molar-refractivity contribution < 1.29 is 4.79 Å². The fourth-order valence-corrected chi connectivity index (χ4v) is 3.57. The third kappa shape index (κ3) is 3.42. The van der Waals surface area contributed by atoms with E-state index in [2.05, 4.69) is 39.6 Å². The maximum absolute atomic E-state index is 12.6. The van der Waals surface area contributed by atoms with Crippen molar-refractivity contribution in [3.8, 4) is 0 Å². The molecule has 3 aromatic rings. The van der Waals surface area contributed by atoms with Crippen LogP contribution in [0, 0.1) is 0 Å². The van der Waals surface area contributed by atoms with Gasteiger partial charge in [-0.3, -0.25) is 9.69 Å². The van der Waals surface area contributed by atoms with Gasteiger partial charge in [0, 0.05) is 25.3 Å². The lowest BCUT2D eigenvalue weighted by atomic mass is 10.1. The molecule has 4 rings (SSSR count). The third-order valence-corrected chi connectivity index (χ3v) is 4.90. The molecule has 1 fully saturated rings. The van der Waals surface area contributed by atoms with Crippen molar-refractivity contribution in [3.63, 3.8) is 0 Å². The lowest BCUT2D eigenvalue weighted by molar-refractivity contribution is 0.0941. The molecule has 0 unspecified atom stereocenters. The number of carbonyl (C=O) groups excluding carboxylic acids is 1. The Labute approximate surface area is 147 Å². The lowest BCUT2D eigenvalue weighted by Gasteiger charge is -2.24. The molecule has 1 N–H and O–H groups in total. The van der Waals surface area contributed by atoms with E-state index in [1.807, 2.05) is 30.5 Å². The summed E-state index contributed by atoms with van der Waals surface area (Å²) in [5, 5.41) is 7.34. The molecule has 0 aliphatic carbocycles. The highest BCUT2D eigenvalue weighted by Crippen LogP contribution is 2.20. The van der Waals surface area contributed by atoms with Crippen molar-refractivity contribution in [2.75, 3.05) is 13.1 Å². The van der Waals surface area contributed by atoms with Crippen LogP contribution in [0.1, 0.15) is 28.8 Å². The van der Waals surface area contributed by atoms with Crippen molar-refractivity contribution >= 4 is 11.4 Å². The van der Waals surface area contributed by atoms with Gasteiger partial charge in [0.2, 0.25) is 0 Å². The number of amides is 1. The van der Waals surface area contributed by atoms with Crippen molar-refractivity contribution in [2.45, 2.75) is 25.4 Å². The third-order valence-electron chi connectivity index (χ3n) is 4.90. The molecule has 0 saturated carbocycles. The summed E-state index contributed by atoms with van der Waals surface area (Å²) >= 11 is 0. The number of nitrogens with one attached hydrogen (secondary N) is 1. The lowest BCUT2D eigenvalue weighted by Crippen LogP contribution is -2.39. The molecule has 1 amide bonds. The zero-order valence-corrected chi connectivity index (χ0v) is 14.1. The fourth-order valence-electron chi connectivity index (χ4n) is 3.57. The number of carbonyl (C=O) groups is 1. The molecule has 0 bridgehead atoms. The maximum atomic E-state index is 12.6. The molecular formula is C20H22N4O. The number of likely N-dealkylation sites (tertiary alicyclic amines) is 1. The van der Waals surface area contributed by atoms with E-state index in [9.17, 15) is 4.79 Å². The molecular weight excluding hydrogens is 312 g/mol. The molecule has 1 atom stereocenters. The average Bonchev–Trinajstić information content (AvgIpc) is 3.27. The Morgan fingerprint density at radius 3 is 2.88 bits per heavy atom. The molecule has 0 radical (unpaired) electrons. The highest BCUT2D eigenvalue weighted by molar-refractivity contribution is 6.00. The van der Waals surface area contributed by atoms with Crippen LogP contribution in [0.3, 0.4) is 0 Å². The Morgan fingerprint density at radius 1 is 1.16 bits per heavy atom. The van der Waals surface area contributed by atoms with Crippen LogP contribution in [0.15, 0.2) is 60.9 Å². The number of benzene rings is 1. The van der Waals surface area contributed by atoms with E-state index >= 15 is 0 Å². The van der Waals surface area contributed by atoms with Crippen LogP contribution in [0.25, 0.3) is 5.52 Å². The highest BCUT2D eigenvalue weighted by atomic mass is 16.1. The normalized spacial score (nSPS) is 17.8. The Bertz CT molecular complexity index is 858. The van der Waals surface area contributed by atoms with E-state index in [-0.39, 0.29) is 5.91 Å². The number of hydrogen-bond donors (Lipinski definition) is 1. The van der Waals surface area contributed by atoms with Gasteiger partial charge >= 0.3 is 0 Å². The number of pyridine rings is 1. The minimum absolute atomic E-state index is 0.0484. The SMILES string of the molecule is O=C(NC[C@@H]1CCCN1Cc1ccccc1)c1cnn2ccccc12. The number of rotatable bonds is 5. The standard InChI is InChI=1S/C20H22N4O/c25-20(18-14-22-24-12-5-4-10-19(18)24)21-13-17-9-6-11-23(17)15-16-7-2-1-3-8-16/h1-5,7-8,10,12,14,17H,6,9,11,13,15H2,(H,21,25)/t17-/m0/s1. The van der Waals surface area contributed by atoms with Crippen LogP contribution in [0.2, 0.25) is 0 Å². The second-order valence-electron chi connectivity index (χ2n) is 6.55. The largest absolute Gasteiger partial charge is 0.350 e. The molecule has 1 aliphatic rings. The van der Waals surface area contributed by atoms with Crippen LogP contribution in [-0.2, 0) is 6.54 Å². The van der Waals surface area contributed by atoms with Gasteiger partial charge in [0.05, 0.1) is 17.3 Å². The van der Waals surface area contributed by atoms with Crippen LogP contribution in [0.4, 0.5) is 0 Å². The smallest absolute Gasteiger partial charge is 0.255 e. The van der Waals surface area contributed by atoms with Gasteiger partial charge in [-0.2, -0.15) is 5.10 Å². The first-order valence-corrected chi connectivity index (χ1v) is 8.80. The Balaban J connectivity index is 1.39. The zero-order chi connectivity index (χ0) is 17.1. The summed E-state index contributed by atoms with van der Waals surface area (Å²) in [7, 11) is 0. The van der Waals surface area contributed by atoms with E-state index in [4.69, 9.17) is 0 Å². The number of nitrogens with zero attached hydrogens (tertiary/aromatic N) is 3. The first kappa shape index (κ1) is 15.8. The summed E-state index contributed by atoms with van der Waals surface area (Å²) in [5.41, 5.74) is 2.80. The summed E-state index contributed by atoms with van der Waals surface area (Å²) in [6, 6.07) is 16.7. The molecule has 1 saturated heterocycles. The number of aromatic nitrogens is 2. The summed E-state index contributed by atoms with van der Waals surface area (Å²) < 4.78 is 1.73. The van der Waals surface area contributed by atoms with E-state index in [0.717, 1.165) is 25.0 Å². The predicted molar refractivity (Wildman–Crippen MR) is 97.4 cm³/mol. The van der Waals surface area contributed by atoms with Gasteiger partial charge in [0.25, 0.3) is 5.91 Å². The van der Waals surface area contributed by atoms with Gasteiger partial charge in [-0.25, -0.2) is 4.52 Å². The monoisotopic (exact) mass is 334 g/mol. The molecule has 25 heavy (non-hydrogen) atoms. The zero-order valence-electron chi connectivity index (χ0n) is 14.1. The first-order chi connectivity index (χ1) is 12.3. The summed E-state index contributed by atoms with van der Waals surface area (Å²) in [4.78, 5) is 15.0.